The van der Waals surface area contributed by atoms with Gasteiger partial charge in [0.2, 0.25) is 0 Å². The Morgan fingerprint density at radius 2 is 1.94 bits per heavy atom. The molecule has 2 heterocycles. The van der Waals surface area contributed by atoms with Crippen LogP contribution in [0.4, 0.5) is 5.82 Å². The van der Waals surface area contributed by atoms with Gasteiger partial charge in [-0.1, -0.05) is 16.8 Å². The van der Waals surface area contributed by atoms with Crippen molar-refractivity contribution >= 4 is 16.7 Å². The summed E-state index contributed by atoms with van der Waals surface area (Å²) in [4.78, 5) is 3.40. The average Bonchev–Trinajstić information content (AvgIpc) is 2.82. The second kappa shape index (κ2) is 3.63. The maximum atomic E-state index is 5.62. The Labute approximate surface area is 105 Å². The molecule has 4 heteroatoms. The fraction of sp³-hybridized carbons (Fsp3) is 0.214. The molecule has 3 aromatic rings. The van der Waals surface area contributed by atoms with Crippen LogP contribution in [0, 0.1) is 20.8 Å². The normalized spacial score (nSPS) is 11.3. The second-order valence-electron chi connectivity index (χ2n) is 4.75. The minimum absolute atomic E-state index is 0.406. The van der Waals surface area contributed by atoms with Crippen molar-refractivity contribution in [3.05, 3.63) is 35.0 Å². The molecule has 0 saturated carbocycles. The van der Waals surface area contributed by atoms with Gasteiger partial charge < -0.3 is 15.2 Å². The van der Waals surface area contributed by atoms with Crippen molar-refractivity contribution in [2.45, 2.75) is 20.8 Å². The predicted molar refractivity (Wildman–Crippen MR) is 72.4 cm³/mol. The van der Waals surface area contributed by atoms with E-state index in [9.17, 15) is 0 Å². The van der Waals surface area contributed by atoms with Gasteiger partial charge in [-0.05, 0) is 32.4 Å². The van der Waals surface area contributed by atoms with Crippen molar-refractivity contribution in [3.63, 3.8) is 0 Å². The number of anilines is 1. The second-order valence-corrected chi connectivity index (χ2v) is 4.75. The van der Waals surface area contributed by atoms with Crippen LogP contribution in [0.5, 0.6) is 0 Å². The summed E-state index contributed by atoms with van der Waals surface area (Å²) in [6.07, 6.45) is 0. The Hall–Kier alpha value is -2.23. The molecule has 0 radical (unpaired) electrons. The average molecular weight is 241 g/mol. The summed E-state index contributed by atoms with van der Waals surface area (Å²) >= 11 is 0. The van der Waals surface area contributed by atoms with E-state index in [0.717, 1.165) is 22.2 Å². The van der Waals surface area contributed by atoms with E-state index in [1.807, 2.05) is 6.92 Å². The van der Waals surface area contributed by atoms with Gasteiger partial charge in [-0.25, -0.2) is 0 Å². The van der Waals surface area contributed by atoms with E-state index >= 15 is 0 Å². The largest absolute Gasteiger partial charge is 0.381 e. The fourth-order valence-electron chi connectivity index (χ4n) is 2.51. The highest BCUT2D eigenvalue weighted by Crippen LogP contribution is 2.34. The molecule has 18 heavy (non-hydrogen) atoms. The Morgan fingerprint density at radius 1 is 1.17 bits per heavy atom. The first-order chi connectivity index (χ1) is 8.56. The summed E-state index contributed by atoms with van der Waals surface area (Å²) in [6.45, 7) is 6.22. The van der Waals surface area contributed by atoms with Crippen LogP contribution in [-0.4, -0.2) is 10.1 Å². The summed E-state index contributed by atoms with van der Waals surface area (Å²) in [6, 6.07) is 6.07. The lowest BCUT2D eigenvalue weighted by Gasteiger charge is -2.00. The third-order valence-electron chi connectivity index (χ3n) is 3.21. The van der Waals surface area contributed by atoms with Gasteiger partial charge in [0.05, 0.1) is 0 Å². The van der Waals surface area contributed by atoms with Crippen LogP contribution in [-0.2, 0) is 0 Å². The lowest BCUT2D eigenvalue weighted by molar-refractivity contribution is 0.436. The molecule has 0 spiro atoms. The van der Waals surface area contributed by atoms with Gasteiger partial charge in [-0.2, -0.15) is 0 Å². The number of nitrogens with two attached hydrogens (primary N) is 1. The maximum absolute atomic E-state index is 5.62. The number of benzene rings is 1. The number of nitrogens with zero attached hydrogens (tertiary/aromatic N) is 1. The standard InChI is InChI=1S/C14H15N3O/c1-7-4-8(2)14-10(5-7)13(9(3)16-14)11-6-12(15)17-18-11/h4-6,16H,1-3H3,(H2,15,17). The SMILES string of the molecule is Cc1cc(C)c2[nH]c(C)c(-c3cc(N)no3)c2c1. The third kappa shape index (κ3) is 1.49. The maximum Gasteiger partial charge on any atom is 0.171 e. The van der Waals surface area contributed by atoms with E-state index in [1.165, 1.54) is 11.1 Å². The van der Waals surface area contributed by atoms with Crippen LogP contribution in [0.15, 0.2) is 22.7 Å². The molecule has 0 unspecified atom stereocenters. The highest BCUT2D eigenvalue weighted by molar-refractivity contribution is 5.98. The number of hydrogen-bond donors (Lipinski definition) is 2. The molecule has 1 aromatic carbocycles. The van der Waals surface area contributed by atoms with Gasteiger partial charge >= 0.3 is 0 Å². The Balaban J connectivity index is 2.38. The number of aromatic nitrogens is 2. The van der Waals surface area contributed by atoms with Crippen molar-refractivity contribution < 1.29 is 4.52 Å². The van der Waals surface area contributed by atoms with E-state index in [0.29, 0.717) is 11.6 Å². The zero-order valence-electron chi connectivity index (χ0n) is 10.7. The van der Waals surface area contributed by atoms with E-state index < -0.39 is 0 Å². The molecular formula is C14H15N3O. The van der Waals surface area contributed by atoms with Gasteiger partial charge in [0.1, 0.15) is 0 Å². The molecule has 3 N–H and O–H groups in total. The zero-order chi connectivity index (χ0) is 12.9. The molecule has 0 bridgehead atoms. The number of H-pyrrole nitrogens is 1. The van der Waals surface area contributed by atoms with Crippen LogP contribution in [0.3, 0.4) is 0 Å². The third-order valence-corrected chi connectivity index (χ3v) is 3.21. The fourth-order valence-corrected chi connectivity index (χ4v) is 2.51. The molecule has 0 aliphatic rings. The van der Waals surface area contributed by atoms with Crippen molar-refractivity contribution in [2.24, 2.45) is 0 Å². The molecule has 0 aliphatic heterocycles. The first kappa shape index (κ1) is 10.9. The first-order valence-corrected chi connectivity index (χ1v) is 5.88. The molecular weight excluding hydrogens is 226 g/mol. The van der Waals surface area contributed by atoms with Crippen LogP contribution in [0.2, 0.25) is 0 Å². The molecule has 2 aromatic heterocycles. The summed E-state index contributed by atoms with van der Waals surface area (Å²) < 4.78 is 5.28. The van der Waals surface area contributed by atoms with Crippen LogP contribution in [0.25, 0.3) is 22.2 Å². The monoisotopic (exact) mass is 241 g/mol. The molecule has 0 atom stereocenters. The molecule has 92 valence electrons. The molecule has 4 nitrogen and oxygen atoms in total. The van der Waals surface area contributed by atoms with Crippen molar-refractivity contribution in [3.8, 4) is 11.3 Å². The molecule has 0 aliphatic carbocycles. The van der Waals surface area contributed by atoms with E-state index in [1.54, 1.807) is 6.07 Å². The number of nitrogen functional groups attached to an aromatic ring is 1. The Kier molecular flexibility index (Phi) is 2.20. The highest BCUT2D eigenvalue weighted by atomic mass is 16.5. The number of aryl methyl sites for hydroxylation is 3. The first-order valence-electron chi connectivity index (χ1n) is 5.88. The number of aromatic amines is 1. The summed E-state index contributed by atoms with van der Waals surface area (Å²) in [5.74, 6) is 1.12. The highest BCUT2D eigenvalue weighted by Gasteiger charge is 2.16. The van der Waals surface area contributed by atoms with E-state index in [2.05, 4.69) is 36.1 Å². The van der Waals surface area contributed by atoms with Crippen molar-refractivity contribution in [1.82, 2.24) is 10.1 Å². The van der Waals surface area contributed by atoms with E-state index in [4.69, 9.17) is 10.3 Å². The van der Waals surface area contributed by atoms with Gasteiger partial charge in [-0.15, -0.1) is 0 Å². The lowest BCUT2D eigenvalue weighted by atomic mass is 10.0. The topological polar surface area (TPSA) is 67.8 Å². The lowest BCUT2D eigenvalue weighted by Crippen LogP contribution is -1.81. The number of fused-ring (bicyclic) bond motifs is 1. The summed E-state index contributed by atoms with van der Waals surface area (Å²) in [5, 5.41) is 4.91. The van der Waals surface area contributed by atoms with Crippen LogP contribution < -0.4 is 5.73 Å². The zero-order valence-corrected chi connectivity index (χ0v) is 10.7. The van der Waals surface area contributed by atoms with Gasteiger partial charge in [0, 0.05) is 28.2 Å². The van der Waals surface area contributed by atoms with Gasteiger partial charge in [0.25, 0.3) is 0 Å². The predicted octanol–water partition coefficient (Wildman–Crippen LogP) is 3.33. The van der Waals surface area contributed by atoms with Gasteiger partial charge in [-0.3, -0.25) is 0 Å². The molecule has 0 amide bonds. The molecule has 0 saturated heterocycles. The molecule has 0 fully saturated rings. The van der Waals surface area contributed by atoms with Gasteiger partial charge in [0.15, 0.2) is 11.6 Å². The smallest absolute Gasteiger partial charge is 0.171 e. The van der Waals surface area contributed by atoms with Crippen molar-refractivity contribution in [1.29, 1.82) is 0 Å². The summed E-state index contributed by atoms with van der Waals surface area (Å²) in [7, 11) is 0. The number of hydrogen-bond acceptors (Lipinski definition) is 3. The van der Waals surface area contributed by atoms with E-state index in [-0.39, 0.29) is 0 Å². The number of rotatable bonds is 1. The number of nitrogens with one attached hydrogen (secondary N) is 1. The quantitative estimate of drug-likeness (QED) is 0.686. The minimum Gasteiger partial charge on any atom is -0.381 e. The van der Waals surface area contributed by atoms with Crippen LogP contribution in [0.1, 0.15) is 16.8 Å². The minimum atomic E-state index is 0.406. The van der Waals surface area contributed by atoms with Crippen LogP contribution >= 0.6 is 0 Å². The Morgan fingerprint density at radius 3 is 2.61 bits per heavy atom. The molecule has 3 rings (SSSR count). The Bertz CT molecular complexity index is 737. The van der Waals surface area contributed by atoms with Crippen molar-refractivity contribution in [2.75, 3.05) is 5.73 Å². The summed E-state index contributed by atoms with van der Waals surface area (Å²) in [5.41, 5.74) is 11.3.